The molecule has 19 heavy (non-hydrogen) atoms. The number of likely N-dealkylation sites (tertiary alicyclic amines) is 1. The van der Waals surface area contributed by atoms with Crippen molar-refractivity contribution in [3.05, 3.63) is 23.3 Å². The summed E-state index contributed by atoms with van der Waals surface area (Å²) < 4.78 is 0. The summed E-state index contributed by atoms with van der Waals surface area (Å²) in [5, 5.41) is 19.8. The molecule has 1 aliphatic heterocycles. The van der Waals surface area contributed by atoms with Crippen LogP contribution < -0.4 is 0 Å². The van der Waals surface area contributed by atoms with Gasteiger partial charge >= 0.3 is 0 Å². The second-order valence-corrected chi connectivity index (χ2v) is 5.92. The second kappa shape index (κ2) is 5.04. The van der Waals surface area contributed by atoms with Crippen LogP contribution in [0.3, 0.4) is 0 Å². The Morgan fingerprint density at radius 3 is 2.89 bits per heavy atom. The molecule has 2 N–H and O–H groups in total. The fourth-order valence-electron chi connectivity index (χ4n) is 4.00. The summed E-state index contributed by atoms with van der Waals surface area (Å²) in [6.45, 7) is 4.61. The highest BCUT2D eigenvalue weighted by molar-refractivity contribution is 5.49. The molecule has 3 rings (SSSR count). The van der Waals surface area contributed by atoms with Crippen LogP contribution in [0.5, 0.6) is 11.5 Å². The quantitative estimate of drug-likeness (QED) is 0.860. The molecule has 0 spiro atoms. The lowest BCUT2D eigenvalue weighted by atomic mass is 9.74. The van der Waals surface area contributed by atoms with Gasteiger partial charge in [-0.25, -0.2) is 0 Å². The van der Waals surface area contributed by atoms with Gasteiger partial charge in [0.15, 0.2) is 0 Å². The van der Waals surface area contributed by atoms with E-state index in [0.29, 0.717) is 12.0 Å². The van der Waals surface area contributed by atoms with Gasteiger partial charge in [0.05, 0.1) is 0 Å². The van der Waals surface area contributed by atoms with Crippen LogP contribution in [0.2, 0.25) is 0 Å². The van der Waals surface area contributed by atoms with Crippen molar-refractivity contribution in [1.82, 2.24) is 4.90 Å². The van der Waals surface area contributed by atoms with Crippen LogP contribution in [0, 0.1) is 0 Å². The van der Waals surface area contributed by atoms with Crippen LogP contribution >= 0.6 is 0 Å². The third-order valence-corrected chi connectivity index (χ3v) is 4.74. The maximum Gasteiger partial charge on any atom is 0.122 e. The number of hydrogen-bond acceptors (Lipinski definition) is 3. The summed E-state index contributed by atoms with van der Waals surface area (Å²) in [5.74, 6) is 0.965. The van der Waals surface area contributed by atoms with E-state index in [1.807, 2.05) is 6.07 Å². The Morgan fingerprint density at radius 2 is 2.11 bits per heavy atom. The molecule has 3 heteroatoms. The van der Waals surface area contributed by atoms with Gasteiger partial charge < -0.3 is 10.2 Å². The van der Waals surface area contributed by atoms with Crippen molar-refractivity contribution < 1.29 is 10.2 Å². The molecule has 1 heterocycles. The van der Waals surface area contributed by atoms with Gasteiger partial charge in [0.2, 0.25) is 0 Å². The number of rotatable bonds is 2. The van der Waals surface area contributed by atoms with Crippen molar-refractivity contribution in [2.45, 2.75) is 51.0 Å². The van der Waals surface area contributed by atoms with Gasteiger partial charge in [-0.2, -0.15) is 0 Å². The van der Waals surface area contributed by atoms with Gasteiger partial charge in [-0.05, 0) is 62.4 Å². The van der Waals surface area contributed by atoms with Crippen molar-refractivity contribution in [3.63, 3.8) is 0 Å². The lowest BCUT2D eigenvalue weighted by Gasteiger charge is -2.45. The van der Waals surface area contributed by atoms with E-state index < -0.39 is 0 Å². The average Bonchev–Trinajstić information content (AvgIpc) is 2.39. The molecule has 0 radical (unpaired) electrons. The Balaban J connectivity index is 1.96. The largest absolute Gasteiger partial charge is 0.508 e. The molecular formula is C16H23NO2. The maximum absolute atomic E-state index is 10.0. The Kier molecular flexibility index (Phi) is 3.40. The van der Waals surface area contributed by atoms with Crippen LogP contribution in [0.25, 0.3) is 0 Å². The molecular weight excluding hydrogens is 238 g/mol. The fourth-order valence-corrected chi connectivity index (χ4v) is 4.00. The highest BCUT2D eigenvalue weighted by atomic mass is 16.3. The topological polar surface area (TPSA) is 43.7 Å². The summed E-state index contributed by atoms with van der Waals surface area (Å²) >= 11 is 0. The standard InChI is InChI=1S/C16H23NO2/c1-2-7-17-8-3-4-12-14-9-11(18)10-16(19)13(14)5-6-15(12)17/h9-10,12,15,18-19H,2-8H2,1H3/t12-,15-/m1/s1. The maximum atomic E-state index is 10.0. The zero-order valence-corrected chi connectivity index (χ0v) is 11.6. The van der Waals surface area contributed by atoms with Gasteiger partial charge in [0, 0.05) is 18.0 Å². The van der Waals surface area contributed by atoms with Crippen LogP contribution in [0.4, 0.5) is 0 Å². The summed E-state index contributed by atoms with van der Waals surface area (Å²) in [4.78, 5) is 2.61. The minimum atomic E-state index is 0.199. The van der Waals surface area contributed by atoms with E-state index >= 15 is 0 Å². The summed E-state index contributed by atoms with van der Waals surface area (Å²) in [7, 11) is 0. The molecule has 104 valence electrons. The molecule has 2 aliphatic rings. The molecule has 0 bridgehead atoms. The monoisotopic (exact) mass is 261 g/mol. The molecule has 2 atom stereocenters. The zero-order valence-electron chi connectivity index (χ0n) is 11.6. The number of fused-ring (bicyclic) bond motifs is 3. The Morgan fingerprint density at radius 1 is 1.26 bits per heavy atom. The van der Waals surface area contributed by atoms with Crippen molar-refractivity contribution in [3.8, 4) is 11.5 Å². The number of hydrogen-bond donors (Lipinski definition) is 2. The van der Waals surface area contributed by atoms with E-state index in [2.05, 4.69) is 11.8 Å². The van der Waals surface area contributed by atoms with E-state index in [4.69, 9.17) is 0 Å². The first kappa shape index (κ1) is 12.8. The van der Waals surface area contributed by atoms with E-state index in [0.717, 1.165) is 18.4 Å². The minimum absolute atomic E-state index is 0.199. The molecule has 0 aromatic heterocycles. The molecule has 1 saturated heterocycles. The first-order valence-corrected chi connectivity index (χ1v) is 7.49. The van der Waals surface area contributed by atoms with Gasteiger partial charge in [0.1, 0.15) is 11.5 Å². The Hall–Kier alpha value is -1.22. The Bertz CT molecular complexity index is 470. The fraction of sp³-hybridized carbons (Fsp3) is 0.625. The van der Waals surface area contributed by atoms with E-state index in [9.17, 15) is 10.2 Å². The zero-order chi connectivity index (χ0) is 13.4. The van der Waals surface area contributed by atoms with Crippen molar-refractivity contribution in [1.29, 1.82) is 0 Å². The average molecular weight is 261 g/mol. The highest BCUT2D eigenvalue weighted by Gasteiger charge is 2.36. The van der Waals surface area contributed by atoms with Gasteiger partial charge in [-0.15, -0.1) is 0 Å². The minimum Gasteiger partial charge on any atom is -0.508 e. The molecule has 0 saturated carbocycles. The van der Waals surface area contributed by atoms with Crippen LogP contribution in [-0.4, -0.2) is 34.2 Å². The van der Waals surface area contributed by atoms with E-state index in [1.165, 1.54) is 44.0 Å². The van der Waals surface area contributed by atoms with E-state index in [-0.39, 0.29) is 11.5 Å². The second-order valence-electron chi connectivity index (χ2n) is 5.92. The number of phenolic OH excluding ortho intramolecular Hbond substituents is 2. The van der Waals surface area contributed by atoms with Crippen molar-refractivity contribution in [2.24, 2.45) is 0 Å². The van der Waals surface area contributed by atoms with Gasteiger partial charge in [0.25, 0.3) is 0 Å². The lowest BCUT2D eigenvalue weighted by Crippen LogP contribution is -2.46. The molecule has 1 aromatic rings. The summed E-state index contributed by atoms with van der Waals surface area (Å²) in [6.07, 6.45) is 5.66. The highest BCUT2D eigenvalue weighted by Crippen LogP contribution is 2.44. The SMILES string of the molecule is CCCN1CCC[C@@H]2c3cc(O)cc(O)c3CC[C@H]21. The Labute approximate surface area is 114 Å². The summed E-state index contributed by atoms with van der Waals surface area (Å²) in [5.41, 5.74) is 2.26. The first-order valence-electron chi connectivity index (χ1n) is 7.49. The number of phenols is 2. The molecule has 1 aromatic carbocycles. The van der Waals surface area contributed by atoms with Crippen LogP contribution in [-0.2, 0) is 6.42 Å². The molecule has 1 aliphatic carbocycles. The number of benzene rings is 1. The number of piperidine rings is 1. The summed E-state index contributed by atoms with van der Waals surface area (Å²) in [6, 6.07) is 3.95. The third kappa shape index (κ3) is 2.20. The molecule has 1 fully saturated rings. The predicted molar refractivity (Wildman–Crippen MR) is 75.7 cm³/mol. The molecule has 3 nitrogen and oxygen atoms in total. The van der Waals surface area contributed by atoms with Gasteiger partial charge in [-0.3, -0.25) is 4.90 Å². The predicted octanol–water partition coefficient (Wildman–Crippen LogP) is 3.00. The van der Waals surface area contributed by atoms with Crippen LogP contribution in [0.1, 0.15) is 49.7 Å². The van der Waals surface area contributed by atoms with Gasteiger partial charge in [-0.1, -0.05) is 6.92 Å². The number of nitrogens with zero attached hydrogens (tertiary/aromatic N) is 1. The third-order valence-electron chi connectivity index (χ3n) is 4.74. The van der Waals surface area contributed by atoms with E-state index in [1.54, 1.807) is 0 Å². The molecule has 0 unspecified atom stereocenters. The van der Waals surface area contributed by atoms with Crippen molar-refractivity contribution in [2.75, 3.05) is 13.1 Å². The van der Waals surface area contributed by atoms with Crippen molar-refractivity contribution >= 4 is 0 Å². The normalized spacial score (nSPS) is 26.8. The lowest BCUT2D eigenvalue weighted by molar-refractivity contribution is 0.112. The first-order chi connectivity index (χ1) is 9.20. The number of aromatic hydroxyl groups is 2. The smallest absolute Gasteiger partial charge is 0.122 e. The van der Waals surface area contributed by atoms with Crippen LogP contribution in [0.15, 0.2) is 12.1 Å². The molecule has 0 amide bonds.